The van der Waals surface area contributed by atoms with E-state index in [0.717, 1.165) is 15.7 Å². The van der Waals surface area contributed by atoms with Gasteiger partial charge in [-0.25, -0.2) is 9.78 Å². The number of aromatic nitrogens is 2. The minimum absolute atomic E-state index is 0.125. The maximum absolute atomic E-state index is 13.4. The second-order valence-electron chi connectivity index (χ2n) is 7.19. The molecule has 0 aliphatic carbocycles. The Bertz CT molecular complexity index is 1370. The number of esters is 1. The van der Waals surface area contributed by atoms with Gasteiger partial charge in [-0.2, -0.15) is 13.2 Å². The minimum atomic E-state index is -4.73. The maximum Gasteiger partial charge on any atom is 0.449 e. The normalized spacial score (nSPS) is 11.9. The summed E-state index contributed by atoms with van der Waals surface area (Å²) in [6.07, 6.45) is -4.73. The molecule has 0 radical (unpaired) electrons. The first-order valence-electron chi connectivity index (χ1n) is 9.35. The lowest BCUT2D eigenvalue weighted by atomic mass is 10.0. The third-order valence-electron chi connectivity index (χ3n) is 5.03. The van der Waals surface area contributed by atoms with Gasteiger partial charge in [0.25, 0.3) is 0 Å². The molecule has 2 aromatic heterocycles. The van der Waals surface area contributed by atoms with Crippen LogP contribution in [0, 0.1) is 13.8 Å². The van der Waals surface area contributed by atoms with Crippen molar-refractivity contribution in [1.29, 1.82) is 0 Å². The molecule has 0 unspecified atom stereocenters. The van der Waals surface area contributed by atoms with E-state index in [2.05, 4.69) is 4.98 Å². The smallest absolute Gasteiger partial charge is 0.449 e. The maximum atomic E-state index is 13.4. The van der Waals surface area contributed by atoms with Crippen LogP contribution in [0.3, 0.4) is 0 Å². The van der Waals surface area contributed by atoms with Crippen molar-refractivity contribution in [2.45, 2.75) is 33.2 Å². The summed E-state index contributed by atoms with van der Waals surface area (Å²) in [7, 11) is 0. The zero-order valence-electron chi connectivity index (χ0n) is 16.6. The summed E-state index contributed by atoms with van der Waals surface area (Å²) in [5.41, 5.74) is 2.33. The summed E-state index contributed by atoms with van der Waals surface area (Å²) in [6, 6.07) is 10.7. The van der Waals surface area contributed by atoms with Gasteiger partial charge >= 0.3 is 17.8 Å². The number of hydrogen-bond acceptors (Lipinski definition) is 5. The van der Waals surface area contributed by atoms with E-state index in [-0.39, 0.29) is 17.6 Å². The highest BCUT2D eigenvalue weighted by molar-refractivity contribution is 5.82. The largest absolute Gasteiger partial charge is 0.459 e. The fraction of sp³-hybridized carbons (Fsp3) is 0.227. The Morgan fingerprint density at radius 2 is 1.84 bits per heavy atom. The first-order chi connectivity index (χ1) is 14.6. The molecule has 6 nitrogen and oxygen atoms in total. The Balaban J connectivity index is 1.62. The predicted molar refractivity (Wildman–Crippen MR) is 106 cm³/mol. The highest BCUT2D eigenvalue weighted by atomic mass is 19.4. The first kappa shape index (κ1) is 20.6. The third-order valence-corrected chi connectivity index (χ3v) is 5.03. The molecule has 4 aromatic rings. The number of hydrogen-bond donors (Lipinski definition) is 0. The average molecular weight is 430 g/mol. The molecular weight excluding hydrogens is 413 g/mol. The highest BCUT2D eigenvalue weighted by Gasteiger charge is 2.38. The fourth-order valence-electron chi connectivity index (χ4n) is 3.39. The van der Waals surface area contributed by atoms with Gasteiger partial charge in [-0.3, -0.25) is 4.79 Å². The van der Waals surface area contributed by atoms with Gasteiger partial charge in [0.1, 0.15) is 18.7 Å². The van der Waals surface area contributed by atoms with Crippen molar-refractivity contribution in [1.82, 2.24) is 9.55 Å². The Morgan fingerprint density at radius 1 is 1.13 bits per heavy atom. The molecule has 4 rings (SSSR count). The zero-order chi connectivity index (χ0) is 22.3. The number of aryl methyl sites for hydroxylation is 2. The second kappa shape index (κ2) is 7.57. The van der Waals surface area contributed by atoms with E-state index in [4.69, 9.17) is 9.15 Å². The molecule has 0 atom stereocenters. The van der Waals surface area contributed by atoms with Crippen LogP contribution >= 0.6 is 0 Å². The third kappa shape index (κ3) is 4.03. The number of carbonyl (C=O) groups is 1. The molecule has 0 amide bonds. The summed E-state index contributed by atoms with van der Waals surface area (Å²) in [4.78, 5) is 27.9. The molecule has 9 heteroatoms. The highest BCUT2D eigenvalue weighted by Crippen LogP contribution is 2.31. The summed E-state index contributed by atoms with van der Waals surface area (Å²) in [5.74, 6) is -2.07. The number of fused-ring (bicyclic) bond motifs is 2. The molecule has 2 heterocycles. The SMILES string of the molecule is Cc1cc2oc(=O)cc(COC(=O)Cn3c(C(F)(F)F)nc4ccccc43)c2cc1C. The molecule has 0 aliphatic heterocycles. The fourth-order valence-corrected chi connectivity index (χ4v) is 3.39. The van der Waals surface area contributed by atoms with Crippen LogP contribution in [0.1, 0.15) is 22.5 Å². The Morgan fingerprint density at radius 3 is 2.58 bits per heavy atom. The molecule has 0 saturated carbocycles. The number of nitrogens with zero attached hydrogens (tertiary/aromatic N) is 2. The molecule has 2 aromatic carbocycles. The van der Waals surface area contributed by atoms with E-state index in [1.54, 1.807) is 18.2 Å². The zero-order valence-corrected chi connectivity index (χ0v) is 16.6. The summed E-state index contributed by atoms with van der Waals surface area (Å²) < 4.78 is 51.4. The van der Waals surface area contributed by atoms with E-state index in [1.807, 2.05) is 19.9 Å². The summed E-state index contributed by atoms with van der Waals surface area (Å²) >= 11 is 0. The minimum Gasteiger partial charge on any atom is -0.459 e. The lowest BCUT2D eigenvalue weighted by molar-refractivity contribution is -0.151. The van der Waals surface area contributed by atoms with Gasteiger partial charge in [0.15, 0.2) is 0 Å². The van der Waals surface area contributed by atoms with Gasteiger partial charge in [-0.15, -0.1) is 0 Å². The molecule has 31 heavy (non-hydrogen) atoms. The molecule has 0 spiro atoms. The molecule has 0 aliphatic rings. The molecule has 0 fully saturated rings. The lowest BCUT2D eigenvalue weighted by Crippen LogP contribution is -2.20. The van der Waals surface area contributed by atoms with Gasteiger partial charge in [-0.1, -0.05) is 12.1 Å². The van der Waals surface area contributed by atoms with E-state index in [0.29, 0.717) is 16.5 Å². The van der Waals surface area contributed by atoms with Gasteiger partial charge in [0.05, 0.1) is 11.0 Å². The molecular formula is C22H17F3N2O4. The van der Waals surface area contributed by atoms with Crippen LogP contribution in [0.2, 0.25) is 0 Å². The van der Waals surface area contributed by atoms with Gasteiger partial charge in [-0.05, 0) is 49.2 Å². The number of rotatable bonds is 4. The summed E-state index contributed by atoms with van der Waals surface area (Å²) in [5, 5.41) is 0.597. The van der Waals surface area contributed by atoms with Gasteiger partial charge in [0.2, 0.25) is 5.82 Å². The molecule has 0 saturated heterocycles. The second-order valence-corrected chi connectivity index (χ2v) is 7.19. The van der Waals surface area contributed by atoms with E-state index < -0.39 is 30.1 Å². The van der Waals surface area contributed by atoms with E-state index in [1.165, 1.54) is 18.2 Å². The van der Waals surface area contributed by atoms with Crippen molar-refractivity contribution in [3.8, 4) is 0 Å². The number of benzene rings is 2. The van der Waals surface area contributed by atoms with Crippen LogP contribution in [0.5, 0.6) is 0 Å². The van der Waals surface area contributed by atoms with Crippen molar-refractivity contribution in [2.75, 3.05) is 0 Å². The number of alkyl halides is 3. The Kier molecular flexibility index (Phi) is 5.04. The quantitative estimate of drug-likeness (QED) is 0.352. The number of para-hydroxylation sites is 2. The lowest BCUT2D eigenvalue weighted by Gasteiger charge is -2.12. The van der Waals surface area contributed by atoms with E-state index in [9.17, 15) is 22.8 Å². The van der Waals surface area contributed by atoms with Crippen LogP contribution in [0.15, 0.2) is 51.7 Å². The predicted octanol–water partition coefficient (Wildman–Crippen LogP) is 4.52. The topological polar surface area (TPSA) is 74.3 Å². The number of imidazole rings is 1. The number of carbonyl (C=O) groups excluding carboxylic acids is 1. The van der Waals surface area contributed by atoms with Gasteiger partial charge in [0, 0.05) is 17.0 Å². The van der Waals surface area contributed by atoms with Crippen molar-refractivity contribution in [3.05, 3.63) is 75.4 Å². The number of ether oxygens (including phenoxy) is 1. The van der Waals surface area contributed by atoms with Crippen molar-refractivity contribution in [3.63, 3.8) is 0 Å². The summed E-state index contributed by atoms with van der Waals surface area (Å²) in [6.45, 7) is 2.80. The first-order valence-corrected chi connectivity index (χ1v) is 9.35. The van der Waals surface area contributed by atoms with Crippen molar-refractivity contribution < 1.29 is 27.1 Å². The van der Waals surface area contributed by atoms with Crippen LogP contribution in [-0.2, 0) is 28.9 Å². The standard InChI is InChI=1S/C22H17F3N2O4/c1-12-7-15-14(9-19(28)31-18(15)8-13(12)2)11-30-20(29)10-27-17-6-4-3-5-16(17)26-21(27)22(23,24)25/h3-9H,10-11H2,1-2H3. The van der Waals surface area contributed by atoms with E-state index >= 15 is 0 Å². The van der Waals surface area contributed by atoms with Crippen LogP contribution in [-0.4, -0.2) is 15.5 Å². The average Bonchev–Trinajstić information content (AvgIpc) is 3.06. The van der Waals surface area contributed by atoms with Gasteiger partial charge < -0.3 is 13.7 Å². The number of halogens is 3. The molecule has 160 valence electrons. The van der Waals surface area contributed by atoms with Crippen LogP contribution < -0.4 is 5.63 Å². The van der Waals surface area contributed by atoms with Crippen molar-refractivity contribution >= 4 is 28.0 Å². The Hall–Kier alpha value is -3.62. The van der Waals surface area contributed by atoms with Crippen molar-refractivity contribution in [2.24, 2.45) is 0 Å². The molecule has 0 N–H and O–H groups in total. The van der Waals surface area contributed by atoms with Crippen LogP contribution in [0.4, 0.5) is 13.2 Å². The monoisotopic (exact) mass is 430 g/mol. The Labute approximate surface area is 173 Å². The molecule has 0 bridgehead atoms. The van der Waals surface area contributed by atoms with Crippen LogP contribution in [0.25, 0.3) is 22.0 Å².